The third-order valence-corrected chi connectivity index (χ3v) is 5.78. The molecule has 0 radical (unpaired) electrons. The first-order valence-corrected chi connectivity index (χ1v) is 9.76. The number of carbonyl (C=O) groups excluding carboxylic acids is 1. The lowest BCUT2D eigenvalue weighted by atomic mass is 10.2. The topological polar surface area (TPSA) is 115 Å². The minimum atomic E-state index is -3.56. The van der Waals surface area contributed by atoms with Crippen LogP contribution in [0.4, 0.5) is 0 Å². The molecule has 0 atom stereocenters. The van der Waals surface area contributed by atoms with Crippen LogP contribution in [0, 0.1) is 0 Å². The predicted molar refractivity (Wildman–Crippen MR) is 91.9 cm³/mol. The van der Waals surface area contributed by atoms with Gasteiger partial charge in [0.1, 0.15) is 0 Å². The SMILES string of the molecule is CCCNC(=O)c1nnc(-c2ccc(S(=O)(=O)N3CCOCC3)cc2)o1. The standard InChI is InChI=1S/C16H20N4O5S/c1-2-7-17-14(21)16-19-18-15(25-16)12-3-5-13(6-4-12)26(22,23)20-8-10-24-11-9-20/h3-6H,2,7-11H2,1H3,(H,17,21). The van der Waals surface area contributed by atoms with E-state index < -0.39 is 15.9 Å². The number of hydrogen-bond donors (Lipinski definition) is 1. The van der Waals surface area contributed by atoms with E-state index in [-0.39, 0.29) is 16.7 Å². The van der Waals surface area contributed by atoms with Crippen molar-refractivity contribution >= 4 is 15.9 Å². The van der Waals surface area contributed by atoms with Gasteiger partial charge in [0.15, 0.2) is 0 Å². The number of hydrogen-bond acceptors (Lipinski definition) is 7. The third-order valence-electron chi connectivity index (χ3n) is 3.86. The first-order chi connectivity index (χ1) is 12.5. The highest BCUT2D eigenvalue weighted by molar-refractivity contribution is 7.89. The zero-order chi connectivity index (χ0) is 18.6. The molecule has 140 valence electrons. The summed E-state index contributed by atoms with van der Waals surface area (Å²) in [5.41, 5.74) is 0.535. The number of nitrogens with zero attached hydrogens (tertiary/aromatic N) is 3. The summed E-state index contributed by atoms with van der Waals surface area (Å²) < 4.78 is 37.1. The second-order valence-corrected chi connectivity index (χ2v) is 7.65. The highest BCUT2D eigenvalue weighted by atomic mass is 32.2. The summed E-state index contributed by atoms with van der Waals surface area (Å²) in [6.07, 6.45) is 0.797. The second-order valence-electron chi connectivity index (χ2n) is 5.71. The van der Waals surface area contributed by atoms with Crippen molar-refractivity contribution in [3.05, 3.63) is 30.2 Å². The molecule has 1 fully saturated rings. The minimum absolute atomic E-state index is 0.126. The number of ether oxygens (including phenoxy) is 1. The molecular formula is C16H20N4O5S. The molecule has 2 heterocycles. The van der Waals surface area contributed by atoms with Crippen molar-refractivity contribution in [3.8, 4) is 11.5 Å². The van der Waals surface area contributed by atoms with Gasteiger partial charge in [-0.1, -0.05) is 6.92 Å². The van der Waals surface area contributed by atoms with Crippen molar-refractivity contribution in [3.63, 3.8) is 0 Å². The summed E-state index contributed by atoms with van der Waals surface area (Å²) in [5.74, 6) is -0.405. The minimum Gasteiger partial charge on any atom is -0.412 e. The van der Waals surface area contributed by atoms with E-state index in [2.05, 4.69) is 15.5 Å². The van der Waals surface area contributed by atoms with Crippen LogP contribution in [-0.2, 0) is 14.8 Å². The Morgan fingerprint density at radius 1 is 1.19 bits per heavy atom. The van der Waals surface area contributed by atoms with E-state index in [1.165, 1.54) is 16.4 Å². The summed E-state index contributed by atoms with van der Waals surface area (Å²) >= 11 is 0. The number of rotatable bonds is 6. The van der Waals surface area contributed by atoms with Crippen molar-refractivity contribution in [2.24, 2.45) is 0 Å². The zero-order valence-electron chi connectivity index (χ0n) is 14.3. The van der Waals surface area contributed by atoms with Crippen LogP contribution in [-0.4, -0.2) is 61.7 Å². The number of aromatic nitrogens is 2. The van der Waals surface area contributed by atoms with Gasteiger partial charge in [0, 0.05) is 25.2 Å². The molecule has 1 saturated heterocycles. The first kappa shape index (κ1) is 18.5. The molecule has 1 aromatic heterocycles. The van der Waals surface area contributed by atoms with Crippen LogP contribution < -0.4 is 5.32 Å². The van der Waals surface area contributed by atoms with E-state index in [1.54, 1.807) is 12.1 Å². The summed E-state index contributed by atoms with van der Waals surface area (Å²) in [5, 5.41) is 10.2. The highest BCUT2D eigenvalue weighted by Gasteiger charge is 2.26. The molecule has 9 nitrogen and oxygen atoms in total. The maximum absolute atomic E-state index is 12.6. The number of sulfonamides is 1. The van der Waals surface area contributed by atoms with Gasteiger partial charge >= 0.3 is 11.8 Å². The Balaban J connectivity index is 1.75. The van der Waals surface area contributed by atoms with Gasteiger partial charge in [-0.25, -0.2) is 8.42 Å². The molecule has 0 unspecified atom stereocenters. The quantitative estimate of drug-likeness (QED) is 0.791. The fourth-order valence-corrected chi connectivity index (χ4v) is 3.86. The second kappa shape index (κ2) is 7.94. The molecule has 0 bridgehead atoms. The van der Waals surface area contributed by atoms with Gasteiger partial charge in [-0.3, -0.25) is 4.79 Å². The average molecular weight is 380 g/mol. The smallest absolute Gasteiger partial charge is 0.308 e. The Labute approximate surface area is 151 Å². The van der Waals surface area contributed by atoms with Crippen LogP contribution in [0.25, 0.3) is 11.5 Å². The molecule has 0 aliphatic carbocycles. The number of nitrogens with one attached hydrogen (secondary N) is 1. The van der Waals surface area contributed by atoms with Gasteiger partial charge < -0.3 is 14.5 Å². The normalized spacial score (nSPS) is 15.7. The van der Waals surface area contributed by atoms with Gasteiger partial charge in [0.2, 0.25) is 15.9 Å². The number of benzene rings is 1. The van der Waals surface area contributed by atoms with Crippen molar-refractivity contribution in [2.45, 2.75) is 18.2 Å². The molecule has 1 aliphatic heterocycles. The molecule has 3 rings (SSSR count). The van der Waals surface area contributed by atoms with Crippen LogP contribution in [0.3, 0.4) is 0 Å². The van der Waals surface area contributed by atoms with Crippen molar-refractivity contribution < 1.29 is 22.4 Å². The lowest BCUT2D eigenvalue weighted by Crippen LogP contribution is -2.40. The summed E-state index contributed by atoms with van der Waals surface area (Å²) in [6.45, 7) is 3.91. The Hall–Kier alpha value is -2.30. The Morgan fingerprint density at radius 3 is 2.54 bits per heavy atom. The van der Waals surface area contributed by atoms with Crippen LogP contribution >= 0.6 is 0 Å². The zero-order valence-corrected chi connectivity index (χ0v) is 15.2. The van der Waals surface area contributed by atoms with Crippen LogP contribution in [0.15, 0.2) is 33.6 Å². The maximum Gasteiger partial charge on any atom is 0.308 e. The molecule has 10 heteroatoms. The van der Waals surface area contributed by atoms with Crippen LogP contribution in [0.5, 0.6) is 0 Å². The van der Waals surface area contributed by atoms with Gasteiger partial charge in [-0.15, -0.1) is 10.2 Å². The van der Waals surface area contributed by atoms with E-state index in [9.17, 15) is 13.2 Å². The molecule has 0 spiro atoms. The summed E-state index contributed by atoms with van der Waals surface area (Å²) in [6, 6.07) is 6.13. The average Bonchev–Trinajstić information content (AvgIpc) is 3.17. The van der Waals surface area contributed by atoms with Crippen LogP contribution in [0.1, 0.15) is 24.0 Å². The first-order valence-electron chi connectivity index (χ1n) is 8.32. The summed E-state index contributed by atoms with van der Waals surface area (Å²) in [4.78, 5) is 12.0. The van der Waals surface area contributed by atoms with Gasteiger partial charge in [-0.05, 0) is 30.7 Å². The van der Waals surface area contributed by atoms with Crippen LogP contribution in [0.2, 0.25) is 0 Å². The number of amides is 1. The monoisotopic (exact) mass is 380 g/mol. The van der Waals surface area contributed by atoms with Crippen molar-refractivity contribution in [1.82, 2.24) is 19.8 Å². The third kappa shape index (κ3) is 3.92. The number of morpholine rings is 1. The largest absolute Gasteiger partial charge is 0.412 e. The predicted octanol–water partition coefficient (Wildman–Crippen LogP) is 0.897. The lowest BCUT2D eigenvalue weighted by Gasteiger charge is -2.26. The fourth-order valence-electron chi connectivity index (χ4n) is 2.45. The van der Waals surface area contributed by atoms with Gasteiger partial charge in [0.25, 0.3) is 0 Å². The van der Waals surface area contributed by atoms with E-state index in [1.807, 2.05) is 6.92 Å². The molecule has 26 heavy (non-hydrogen) atoms. The van der Waals surface area contributed by atoms with Gasteiger partial charge in [-0.2, -0.15) is 4.31 Å². The Bertz CT molecular complexity index is 857. The van der Waals surface area contributed by atoms with E-state index in [0.717, 1.165) is 6.42 Å². The van der Waals surface area contributed by atoms with E-state index in [0.29, 0.717) is 38.4 Å². The van der Waals surface area contributed by atoms with Crippen molar-refractivity contribution in [2.75, 3.05) is 32.8 Å². The Morgan fingerprint density at radius 2 is 1.88 bits per heavy atom. The molecule has 1 amide bonds. The highest BCUT2D eigenvalue weighted by Crippen LogP contribution is 2.22. The molecule has 1 aromatic carbocycles. The molecule has 1 N–H and O–H groups in total. The molecule has 1 aliphatic rings. The Kier molecular flexibility index (Phi) is 5.64. The molecular weight excluding hydrogens is 360 g/mol. The van der Waals surface area contributed by atoms with E-state index >= 15 is 0 Å². The molecule has 0 saturated carbocycles. The van der Waals surface area contributed by atoms with Crippen molar-refractivity contribution in [1.29, 1.82) is 0 Å². The lowest BCUT2D eigenvalue weighted by molar-refractivity contribution is 0.0730. The maximum atomic E-state index is 12.6. The molecule has 2 aromatic rings. The summed E-state index contributed by atoms with van der Waals surface area (Å²) in [7, 11) is -3.56. The fraction of sp³-hybridized carbons (Fsp3) is 0.438. The van der Waals surface area contributed by atoms with E-state index in [4.69, 9.17) is 9.15 Å². The number of carbonyl (C=O) groups is 1. The van der Waals surface area contributed by atoms with Gasteiger partial charge in [0.05, 0.1) is 18.1 Å².